The SMILES string of the molecule is O=C(c1cc(-c2ccc(F)c(F)c2)nc2ccccc12)N1CCC[C@@H]1CNCCN1CCCCC1. The Kier molecular flexibility index (Phi) is 7.35. The maximum absolute atomic E-state index is 13.9. The molecule has 2 aliphatic rings. The Labute approximate surface area is 205 Å². The molecular weight excluding hydrogens is 446 g/mol. The highest BCUT2D eigenvalue weighted by molar-refractivity contribution is 6.07. The molecule has 2 aliphatic heterocycles. The van der Waals surface area contributed by atoms with Crippen molar-refractivity contribution < 1.29 is 13.6 Å². The molecule has 0 spiro atoms. The zero-order valence-corrected chi connectivity index (χ0v) is 20.0. The minimum Gasteiger partial charge on any atom is -0.334 e. The molecule has 0 saturated carbocycles. The van der Waals surface area contributed by atoms with E-state index >= 15 is 0 Å². The number of nitrogens with one attached hydrogen (secondary N) is 1. The lowest BCUT2D eigenvalue weighted by molar-refractivity contribution is 0.0737. The number of hydrogen-bond acceptors (Lipinski definition) is 4. The Hall–Kier alpha value is -2.90. The Balaban J connectivity index is 1.34. The van der Waals surface area contributed by atoms with Gasteiger partial charge in [-0.1, -0.05) is 24.6 Å². The summed E-state index contributed by atoms with van der Waals surface area (Å²) in [7, 11) is 0. The van der Waals surface area contributed by atoms with Gasteiger partial charge >= 0.3 is 0 Å². The summed E-state index contributed by atoms with van der Waals surface area (Å²) in [6, 6.07) is 13.1. The van der Waals surface area contributed by atoms with Crippen LogP contribution in [0.2, 0.25) is 0 Å². The molecule has 0 aliphatic carbocycles. The van der Waals surface area contributed by atoms with Crippen LogP contribution in [-0.4, -0.2) is 66.0 Å². The van der Waals surface area contributed by atoms with Crippen molar-refractivity contribution in [1.29, 1.82) is 0 Å². The highest BCUT2D eigenvalue weighted by atomic mass is 19.2. The molecule has 184 valence electrons. The first-order valence-corrected chi connectivity index (χ1v) is 12.7. The third-order valence-electron chi connectivity index (χ3n) is 7.23. The molecule has 1 aromatic heterocycles. The van der Waals surface area contributed by atoms with Crippen LogP contribution >= 0.6 is 0 Å². The summed E-state index contributed by atoms with van der Waals surface area (Å²) in [5, 5.41) is 4.34. The maximum Gasteiger partial charge on any atom is 0.254 e. The lowest BCUT2D eigenvalue weighted by Crippen LogP contribution is -2.43. The number of halogens is 2. The van der Waals surface area contributed by atoms with Crippen LogP contribution in [0.5, 0.6) is 0 Å². The van der Waals surface area contributed by atoms with Crippen LogP contribution in [0, 0.1) is 11.6 Å². The monoisotopic (exact) mass is 478 g/mol. The normalized spacial score (nSPS) is 18.9. The second kappa shape index (κ2) is 10.8. The third kappa shape index (κ3) is 5.36. The Morgan fingerprint density at radius 2 is 1.80 bits per heavy atom. The molecule has 2 fully saturated rings. The van der Waals surface area contributed by atoms with E-state index in [1.54, 1.807) is 6.07 Å². The van der Waals surface area contributed by atoms with Crippen LogP contribution in [0.4, 0.5) is 8.78 Å². The molecule has 3 heterocycles. The van der Waals surface area contributed by atoms with Crippen LogP contribution in [0.25, 0.3) is 22.2 Å². The van der Waals surface area contributed by atoms with Gasteiger partial charge in [-0.2, -0.15) is 0 Å². The highest BCUT2D eigenvalue weighted by Crippen LogP contribution is 2.29. The first-order chi connectivity index (χ1) is 17.1. The van der Waals surface area contributed by atoms with Gasteiger partial charge in [-0.25, -0.2) is 13.8 Å². The summed E-state index contributed by atoms with van der Waals surface area (Å²) >= 11 is 0. The number of likely N-dealkylation sites (tertiary alicyclic amines) is 2. The maximum atomic E-state index is 13.9. The van der Waals surface area contributed by atoms with E-state index in [2.05, 4.69) is 15.2 Å². The second-order valence-corrected chi connectivity index (χ2v) is 9.60. The number of carbonyl (C=O) groups is 1. The third-order valence-corrected chi connectivity index (χ3v) is 7.23. The zero-order chi connectivity index (χ0) is 24.2. The van der Waals surface area contributed by atoms with E-state index in [0.29, 0.717) is 28.9 Å². The highest BCUT2D eigenvalue weighted by Gasteiger charge is 2.30. The minimum absolute atomic E-state index is 0.0345. The fraction of sp³-hybridized carbons (Fsp3) is 0.429. The van der Waals surface area contributed by atoms with Crippen LogP contribution < -0.4 is 5.32 Å². The number of nitrogens with zero attached hydrogens (tertiary/aromatic N) is 3. The summed E-state index contributed by atoms with van der Waals surface area (Å²) in [5.41, 5.74) is 2.12. The first kappa shape index (κ1) is 23.8. The fourth-order valence-electron chi connectivity index (χ4n) is 5.31. The molecule has 1 N–H and O–H groups in total. The number of para-hydroxylation sites is 1. The van der Waals surface area contributed by atoms with E-state index < -0.39 is 11.6 Å². The lowest BCUT2D eigenvalue weighted by atomic mass is 10.0. The molecule has 0 bridgehead atoms. The van der Waals surface area contributed by atoms with E-state index in [1.165, 1.54) is 38.4 Å². The summed E-state index contributed by atoms with van der Waals surface area (Å²) in [6.45, 7) is 5.84. The molecule has 3 aromatic rings. The van der Waals surface area contributed by atoms with Crippen molar-refractivity contribution in [3.63, 3.8) is 0 Å². The summed E-state index contributed by atoms with van der Waals surface area (Å²) in [6.07, 6.45) is 5.87. The van der Waals surface area contributed by atoms with Gasteiger partial charge < -0.3 is 15.1 Å². The van der Waals surface area contributed by atoms with Crippen LogP contribution in [-0.2, 0) is 0 Å². The molecule has 2 saturated heterocycles. The van der Waals surface area contributed by atoms with Crippen LogP contribution in [0.15, 0.2) is 48.5 Å². The van der Waals surface area contributed by atoms with E-state index in [1.807, 2.05) is 29.2 Å². The van der Waals surface area contributed by atoms with E-state index in [0.717, 1.165) is 50.0 Å². The smallest absolute Gasteiger partial charge is 0.254 e. The van der Waals surface area contributed by atoms with Crippen molar-refractivity contribution >= 4 is 16.8 Å². The molecule has 0 radical (unpaired) electrons. The Morgan fingerprint density at radius 1 is 0.971 bits per heavy atom. The lowest BCUT2D eigenvalue weighted by Gasteiger charge is -2.28. The number of aromatic nitrogens is 1. The molecule has 35 heavy (non-hydrogen) atoms. The topological polar surface area (TPSA) is 48.5 Å². The van der Waals surface area contributed by atoms with E-state index in [9.17, 15) is 13.6 Å². The van der Waals surface area contributed by atoms with E-state index in [4.69, 9.17) is 0 Å². The van der Waals surface area contributed by atoms with Crippen LogP contribution in [0.3, 0.4) is 0 Å². The number of amides is 1. The Morgan fingerprint density at radius 3 is 2.63 bits per heavy atom. The van der Waals surface area contributed by atoms with Crippen molar-refractivity contribution in [2.45, 2.75) is 38.1 Å². The Bertz CT molecular complexity index is 1190. The van der Waals surface area contributed by atoms with Gasteiger partial charge in [0.25, 0.3) is 5.91 Å². The standard InChI is InChI=1S/C28H32F2N4O/c29-24-11-10-20(17-25(24)30)27-18-23(22-8-2-3-9-26(22)32-27)28(35)34-15-6-7-21(34)19-31-12-16-33-13-4-1-5-14-33/h2-3,8-11,17-18,21,31H,1,4-7,12-16,19H2/t21-/m1/s1. The van der Waals surface area contributed by atoms with Crippen LogP contribution in [0.1, 0.15) is 42.5 Å². The van der Waals surface area contributed by atoms with Crippen molar-refractivity contribution in [3.05, 3.63) is 65.7 Å². The molecule has 5 nitrogen and oxygen atoms in total. The molecule has 7 heteroatoms. The van der Waals surface area contributed by atoms with Crippen molar-refractivity contribution in [1.82, 2.24) is 20.1 Å². The van der Waals surface area contributed by atoms with Gasteiger partial charge in [-0.05, 0) is 69.1 Å². The average molecular weight is 479 g/mol. The number of piperidine rings is 1. The van der Waals surface area contributed by atoms with Gasteiger partial charge in [-0.3, -0.25) is 4.79 Å². The van der Waals surface area contributed by atoms with Crippen molar-refractivity contribution in [3.8, 4) is 11.3 Å². The molecule has 0 unspecified atom stereocenters. The number of benzene rings is 2. The summed E-state index contributed by atoms with van der Waals surface area (Å²) in [5.74, 6) is -1.87. The number of rotatable bonds is 7. The molecule has 1 amide bonds. The summed E-state index contributed by atoms with van der Waals surface area (Å²) in [4.78, 5) is 22.9. The predicted octanol–water partition coefficient (Wildman–Crippen LogP) is 4.86. The number of pyridine rings is 1. The van der Waals surface area contributed by atoms with Crippen molar-refractivity contribution in [2.24, 2.45) is 0 Å². The quantitative estimate of drug-likeness (QED) is 0.493. The fourth-order valence-corrected chi connectivity index (χ4v) is 5.31. The van der Waals surface area contributed by atoms with Gasteiger partial charge in [0.15, 0.2) is 11.6 Å². The number of hydrogen-bond donors (Lipinski definition) is 1. The number of fused-ring (bicyclic) bond motifs is 1. The molecule has 1 atom stereocenters. The number of carbonyl (C=O) groups excluding carboxylic acids is 1. The minimum atomic E-state index is -0.930. The predicted molar refractivity (Wildman–Crippen MR) is 134 cm³/mol. The van der Waals surface area contributed by atoms with Gasteiger partial charge in [0, 0.05) is 43.2 Å². The van der Waals surface area contributed by atoms with Gasteiger partial charge in [0.1, 0.15) is 0 Å². The molecular formula is C28H32F2N4O. The van der Waals surface area contributed by atoms with Gasteiger partial charge in [-0.15, -0.1) is 0 Å². The molecule has 5 rings (SSSR count). The second-order valence-electron chi connectivity index (χ2n) is 9.60. The molecule has 2 aromatic carbocycles. The summed E-state index contributed by atoms with van der Waals surface area (Å²) < 4.78 is 27.4. The van der Waals surface area contributed by atoms with Gasteiger partial charge in [0.05, 0.1) is 16.8 Å². The average Bonchev–Trinajstić information content (AvgIpc) is 3.36. The zero-order valence-electron chi connectivity index (χ0n) is 20.0. The van der Waals surface area contributed by atoms with E-state index in [-0.39, 0.29) is 11.9 Å². The largest absolute Gasteiger partial charge is 0.334 e. The van der Waals surface area contributed by atoms with Crippen molar-refractivity contribution in [2.75, 3.05) is 39.3 Å². The van der Waals surface area contributed by atoms with Gasteiger partial charge in [0.2, 0.25) is 0 Å². The first-order valence-electron chi connectivity index (χ1n) is 12.7.